The number of carbonyl (C=O) groups excluding carboxylic acids is 1. The lowest BCUT2D eigenvalue weighted by molar-refractivity contribution is 0.0790. The number of hydrogen-bond donors (Lipinski definition) is 1. The number of nitrogens with zero attached hydrogens (tertiary/aromatic N) is 4. The fourth-order valence-electron chi connectivity index (χ4n) is 3.65. The van der Waals surface area contributed by atoms with Gasteiger partial charge in [0.2, 0.25) is 0 Å². The second-order valence-corrected chi connectivity index (χ2v) is 7.50. The van der Waals surface area contributed by atoms with Crippen LogP contribution >= 0.6 is 12.4 Å². The van der Waals surface area contributed by atoms with E-state index in [1.807, 2.05) is 4.90 Å². The fourth-order valence-corrected chi connectivity index (χ4v) is 3.65. The molecule has 0 saturated carbocycles. The lowest BCUT2D eigenvalue weighted by Gasteiger charge is -2.17. The summed E-state index contributed by atoms with van der Waals surface area (Å²) in [4.78, 5) is 18.5. The first-order chi connectivity index (χ1) is 14.6. The van der Waals surface area contributed by atoms with Crippen LogP contribution in [0.5, 0.6) is 5.75 Å². The highest BCUT2D eigenvalue weighted by atomic mass is 35.5. The molecule has 1 aromatic heterocycles. The molecule has 2 N–H and O–H groups in total. The number of aromatic nitrogens is 3. The van der Waals surface area contributed by atoms with Gasteiger partial charge in [-0.1, -0.05) is 12.1 Å². The molecule has 4 rings (SSSR count). The Labute approximate surface area is 186 Å². The van der Waals surface area contributed by atoms with Gasteiger partial charge < -0.3 is 15.4 Å². The van der Waals surface area contributed by atoms with E-state index in [0.29, 0.717) is 37.6 Å². The first-order valence-electron chi connectivity index (χ1n) is 9.94. The van der Waals surface area contributed by atoms with Crippen molar-refractivity contribution in [2.24, 2.45) is 5.73 Å². The van der Waals surface area contributed by atoms with Crippen LogP contribution in [0, 0.1) is 5.82 Å². The predicted molar refractivity (Wildman–Crippen MR) is 117 cm³/mol. The molecule has 0 radical (unpaired) electrons. The van der Waals surface area contributed by atoms with E-state index in [1.165, 1.54) is 18.5 Å². The lowest BCUT2D eigenvalue weighted by atomic mass is 9.99. The molecule has 3 aromatic rings. The summed E-state index contributed by atoms with van der Waals surface area (Å²) in [6.07, 6.45) is 3.95. The Bertz CT molecular complexity index is 967. The lowest BCUT2D eigenvalue weighted by Crippen LogP contribution is -2.32. The molecule has 164 valence electrons. The van der Waals surface area contributed by atoms with E-state index >= 15 is 0 Å². The van der Waals surface area contributed by atoms with E-state index in [2.05, 4.69) is 10.1 Å². The highest BCUT2D eigenvalue weighted by Gasteiger charge is 2.28. The van der Waals surface area contributed by atoms with Gasteiger partial charge in [0.25, 0.3) is 5.91 Å². The van der Waals surface area contributed by atoms with Crippen LogP contribution in [0.4, 0.5) is 4.39 Å². The highest BCUT2D eigenvalue weighted by molar-refractivity contribution is 5.94. The van der Waals surface area contributed by atoms with Gasteiger partial charge in [-0.3, -0.25) is 9.48 Å². The van der Waals surface area contributed by atoms with Crippen molar-refractivity contribution in [3.05, 3.63) is 78.1 Å². The molecule has 1 aliphatic rings. The van der Waals surface area contributed by atoms with E-state index in [9.17, 15) is 9.18 Å². The summed E-state index contributed by atoms with van der Waals surface area (Å²) in [5.41, 5.74) is 7.73. The normalized spacial score (nSPS) is 16.6. The SMILES string of the molecule is Cl.N[C@@H](COc1ccc(C(=O)N2CC[C@H](c3ccc(F)cc3)C2)cc1)Cn1cncn1. The average molecular weight is 446 g/mol. The zero-order valence-corrected chi connectivity index (χ0v) is 17.7. The molecule has 2 aromatic carbocycles. The van der Waals surface area contributed by atoms with Crippen molar-refractivity contribution in [3.63, 3.8) is 0 Å². The maximum absolute atomic E-state index is 13.1. The summed E-state index contributed by atoms with van der Waals surface area (Å²) < 4.78 is 20.5. The minimum Gasteiger partial charge on any atom is -0.492 e. The van der Waals surface area contributed by atoms with Crippen molar-refractivity contribution in [1.82, 2.24) is 19.7 Å². The standard InChI is InChI=1S/C22H24FN5O2.ClH/c23-19-5-1-16(2-6-19)18-9-10-27(11-18)22(29)17-3-7-21(8-4-17)30-13-20(24)12-28-15-25-14-26-28;/h1-8,14-15,18,20H,9-13,24H2;1H/t18-,20+;/m0./s1. The van der Waals surface area contributed by atoms with E-state index in [4.69, 9.17) is 10.5 Å². The Morgan fingerprint density at radius 3 is 2.61 bits per heavy atom. The van der Waals surface area contributed by atoms with Gasteiger partial charge in [-0.05, 0) is 48.4 Å². The zero-order chi connectivity index (χ0) is 20.9. The Balaban J connectivity index is 0.00000272. The minimum absolute atomic E-state index is 0. The molecule has 9 heteroatoms. The largest absolute Gasteiger partial charge is 0.492 e. The molecule has 2 heterocycles. The number of halogens is 2. The van der Waals surface area contributed by atoms with E-state index in [0.717, 1.165) is 12.0 Å². The second-order valence-electron chi connectivity index (χ2n) is 7.50. The van der Waals surface area contributed by atoms with E-state index < -0.39 is 0 Å². The van der Waals surface area contributed by atoms with Gasteiger partial charge in [-0.2, -0.15) is 5.10 Å². The summed E-state index contributed by atoms with van der Waals surface area (Å²) in [6.45, 7) is 2.18. The average Bonchev–Trinajstić information content (AvgIpc) is 3.45. The third kappa shape index (κ3) is 5.80. The van der Waals surface area contributed by atoms with Crippen molar-refractivity contribution in [1.29, 1.82) is 0 Å². The summed E-state index contributed by atoms with van der Waals surface area (Å²) in [6, 6.07) is 13.4. The first-order valence-corrected chi connectivity index (χ1v) is 9.94. The molecule has 1 aliphatic heterocycles. The summed E-state index contributed by atoms with van der Waals surface area (Å²) in [5, 5.41) is 4.02. The van der Waals surface area contributed by atoms with Crippen LogP contribution in [0.15, 0.2) is 61.2 Å². The monoisotopic (exact) mass is 445 g/mol. The molecule has 1 fully saturated rings. The van der Waals surface area contributed by atoms with Crippen molar-refractivity contribution in [2.45, 2.75) is 24.9 Å². The number of carbonyl (C=O) groups is 1. The predicted octanol–water partition coefficient (Wildman–Crippen LogP) is 2.88. The molecular weight excluding hydrogens is 421 g/mol. The van der Waals surface area contributed by atoms with Gasteiger partial charge in [-0.15, -0.1) is 12.4 Å². The highest BCUT2D eigenvalue weighted by Crippen LogP contribution is 2.28. The number of rotatable bonds is 7. The van der Waals surface area contributed by atoms with Crippen LogP contribution in [0.25, 0.3) is 0 Å². The zero-order valence-electron chi connectivity index (χ0n) is 16.9. The molecule has 0 aliphatic carbocycles. The molecular formula is C22H25ClFN5O2. The third-order valence-electron chi connectivity index (χ3n) is 5.27. The molecule has 1 saturated heterocycles. The molecule has 0 unspecified atom stereocenters. The van der Waals surface area contributed by atoms with Gasteiger partial charge in [0.15, 0.2) is 0 Å². The quantitative estimate of drug-likeness (QED) is 0.604. The Hall–Kier alpha value is -2.97. The van der Waals surface area contributed by atoms with E-state index in [1.54, 1.807) is 47.4 Å². The van der Waals surface area contributed by atoms with Crippen LogP contribution in [0.2, 0.25) is 0 Å². The maximum atomic E-state index is 13.1. The summed E-state index contributed by atoms with van der Waals surface area (Å²) in [7, 11) is 0. The summed E-state index contributed by atoms with van der Waals surface area (Å²) in [5.74, 6) is 0.648. The third-order valence-corrected chi connectivity index (χ3v) is 5.27. The van der Waals surface area contributed by atoms with Gasteiger partial charge >= 0.3 is 0 Å². The topological polar surface area (TPSA) is 86.3 Å². The minimum atomic E-state index is -0.244. The van der Waals surface area contributed by atoms with Crippen molar-refractivity contribution >= 4 is 18.3 Å². The number of likely N-dealkylation sites (tertiary alicyclic amines) is 1. The number of nitrogens with two attached hydrogens (primary N) is 1. The van der Waals surface area contributed by atoms with Gasteiger partial charge in [-0.25, -0.2) is 9.37 Å². The van der Waals surface area contributed by atoms with Crippen molar-refractivity contribution in [2.75, 3.05) is 19.7 Å². The second kappa shape index (κ2) is 10.4. The molecule has 7 nitrogen and oxygen atoms in total. The number of hydrogen-bond acceptors (Lipinski definition) is 5. The molecule has 0 spiro atoms. The van der Waals surface area contributed by atoms with Crippen molar-refractivity contribution in [3.8, 4) is 5.75 Å². The molecule has 2 atom stereocenters. The van der Waals surface area contributed by atoms with Crippen LogP contribution in [0.1, 0.15) is 28.3 Å². The smallest absolute Gasteiger partial charge is 0.253 e. The fraction of sp³-hybridized carbons (Fsp3) is 0.318. The summed E-state index contributed by atoms with van der Waals surface area (Å²) >= 11 is 0. The number of amides is 1. The molecule has 0 bridgehead atoms. The van der Waals surface area contributed by atoms with Crippen LogP contribution in [-0.2, 0) is 6.54 Å². The Kier molecular flexibility index (Phi) is 7.59. The number of benzene rings is 2. The molecule has 1 amide bonds. The maximum Gasteiger partial charge on any atom is 0.253 e. The van der Waals surface area contributed by atoms with Crippen molar-refractivity contribution < 1.29 is 13.9 Å². The van der Waals surface area contributed by atoms with Crippen LogP contribution in [0.3, 0.4) is 0 Å². The van der Waals surface area contributed by atoms with Gasteiger partial charge in [0.1, 0.15) is 30.8 Å². The van der Waals surface area contributed by atoms with Crippen LogP contribution in [-0.4, -0.2) is 51.3 Å². The van der Waals surface area contributed by atoms with Gasteiger partial charge in [0, 0.05) is 24.6 Å². The number of ether oxygens (including phenoxy) is 1. The molecule has 31 heavy (non-hydrogen) atoms. The Morgan fingerprint density at radius 2 is 1.94 bits per heavy atom. The first kappa shape index (κ1) is 22.7. The van der Waals surface area contributed by atoms with Gasteiger partial charge in [0.05, 0.1) is 12.6 Å². The van der Waals surface area contributed by atoms with E-state index in [-0.39, 0.29) is 36.1 Å². The Morgan fingerprint density at radius 1 is 1.19 bits per heavy atom. The van der Waals surface area contributed by atoms with Crippen LogP contribution < -0.4 is 10.5 Å².